The number of carbonyl (C=O) groups excluding carboxylic acids is 1. The van der Waals surface area contributed by atoms with Crippen molar-refractivity contribution in [3.05, 3.63) is 45.2 Å². The van der Waals surface area contributed by atoms with Crippen LogP contribution in [0.5, 0.6) is 0 Å². The second-order valence-corrected chi connectivity index (χ2v) is 3.64. The van der Waals surface area contributed by atoms with E-state index in [-0.39, 0.29) is 11.1 Å². The summed E-state index contributed by atoms with van der Waals surface area (Å²) in [6.45, 7) is 3.94. The molecule has 0 amide bonds. The van der Waals surface area contributed by atoms with Crippen molar-refractivity contribution in [2.45, 2.75) is 13.8 Å². The van der Waals surface area contributed by atoms with Crippen molar-refractivity contribution in [3.8, 4) is 0 Å². The Kier molecular flexibility index (Phi) is 2.15. The molecule has 0 saturated heterocycles. The lowest BCUT2D eigenvalue weighted by Crippen LogP contribution is -2.12. The lowest BCUT2D eigenvalue weighted by atomic mass is 10.0. The summed E-state index contributed by atoms with van der Waals surface area (Å²) in [4.78, 5) is 24.8. The van der Waals surface area contributed by atoms with Gasteiger partial charge < -0.3 is 4.98 Å². The average molecular weight is 201 g/mol. The number of carbonyl (C=O) groups is 1. The van der Waals surface area contributed by atoms with Crippen molar-refractivity contribution in [3.63, 3.8) is 0 Å². The first-order chi connectivity index (χ1) is 7.13. The minimum absolute atomic E-state index is 0.172. The second kappa shape index (κ2) is 3.35. The van der Waals surface area contributed by atoms with Crippen molar-refractivity contribution in [2.75, 3.05) is 0 Å². The molecule has 0 radical (unpaired) electrons. The molecule has 0 aliphatic carbocycles. The number of aldehydes is 1. The van der Waals surface area contributed by atoms with E-state index >= 15 is 0 Å². The van der Waals surface area contributed by atoms with Gasteiger partial charge in [0.1, 0.15) is 0 Å². The third-order valence-corrected chi connectivity index (χ3v) is 2.71. The molecule has 76 valence electrons. The highest BCUT2D eigenvalue weighted by atomic mass is 16.1. The number of aromatic amines is 1. The average Bonchev–Trinajstić information content (AvgIpc) is 2.24. The number of hydrogen-bond acceptors (Lipinski definition) is 2. The van der Waals surface area contributed by atoms with E-state index in [0.717, 1.165) is 22.0 Å². The van der Waals surface area contributed by atoms with Gasteiger partial charge in [0.25, 0.3) is 5.56 Å². The highest BCUT2D eigenvalue weighted by molar-refractivity contribution is 5.87. The molecule has 1 heterocycles. The Morgan fingerprint density at radius 1 is 1.27 bits per heavy atom. The molecule has 2 aromatic rings. The number of rotatable bonds is 1. The zero-order chi connectivity index (χ0) is 11.0. The zero-order valence-electron chi connectivity index (χ0n) is 8.63. The summed E-state index contributed by atoms with van der Waals surface area (Å²) in [5.74, 6) is 0. The SMILES string of the molecule is Cc1ccc2cc(C=O)c(=O)[nH]c2c1C. The van der Waals surface area contributed by atoms with Gasteiger partial charge in [-0.2, -0.15) is 0 Å². The van der Waals surface area contributed by atoms with Crippen LogP contribution >= 0.6 is 0 Å². The number of fused-ring (bicyclic) bond motifs is 1. The highest BCUT2D eigenvalue weighted by Crippen LogP contribution is 2.18. The largest absolute Gasteiger partial charge is 0.321 e. The fourth-order valence-corrected chi connectivity index (χ4v) is 1.63. The molecule has 0 bridgehead atoms. The van der Waals surface area contributed by atoms with Crippen LogP contribution in [0.1, 0.15) is 21.5 Å². The first-order valence-corrected chi connectivity index (χ1v) is 4.72. The van der Waals surface area contributed by atoms with E-state index in [2.05, 4.69) is 4.98 Å². The van der Waals surface area contributed by atoms with Gasteiger partial charge >= 0.3 is 0 Å². The Labute approximate surface area is 86.8 Å². The second-order valence-electron chi connectivity index (χ2n) is 3.64. The highest BCUT2D eigenvalue weighted by Gasteiger charge is 2.04. The third kappa shape index (κ3) is 1.46. The molecule has 15 heavy (non-hydrogen) atoms. The molecule has 1 aromatic heterocycles. The van der Waals surface area contributed by atoms with E-state index in [0.29, 0.717) is 6.29 Å². The maximum absolute atomic E-state index is 11.4. The third-order valence-electron chi connectivity index (χ3n) is 2.71. The van der Waals surface area contributed by atoms with Crippen LogP contribution in [0.25, 0.3) is 10.9 Å². The molecule has 0 spiro atoms. The maximum atomic E-state index is 11.4. The zero-order valence-corrected chi connectivity index (χ0v) is 8.63. The van der Waals surface area contributed by atoms with E-state index in [4.69, 9.17) is 0 Å². The van der Waals surface area contributed by atoms with Gasteiger partial charge in [-0.25, -0.2) is 0 Å². The Bertz CT molecular complexity index is 596. The number of benzene rings is 1. The molecule has 1 N–H and O–H groups in total. The summed E-state index contributed by atoms with van der Waals surface area (Å²) in [5, 5.41) is 0.889. The van der Waals surface area contributed by atoms with E-state index in [1.807, 2.05) is 26.0 Å². The normalized spacial score (nSPS) is 10.5. The van der Waals surface area contributed by atoms with Gasteiger partial charge in [0.05, 0.1) is 11.1 Å². The number of nitrogens with one attached hydrogen (secondary N) is 1. The van der Waals surface area contributed by atoms with Crippen molar-refractivity contribution in [1.82, 2.24) is 4.98 Å². The van der Waals surface area contributed by atoms with Crippen molar-refractivity contribution in [1.29, 1.82) is 0 Å². The van der Waals surface area contributed by atoms with Gasteiger partial charge in [0.15, 0.2) is 6.29 Å². The van der Waals surface area contributed by atoms with E-state index in [1.54, 1.807) is 6.07 Å². The monoisotopic (exact) mass is 201 g/mol. The summed E-state index contributed by atoms with van der Waals surface area (Å²) in [6.07, 6.45) is 0.577. The van der Waals surface area contributed by atoms with Crippen LogP contribution in [0.15, 0.2) is 23.0 Å². The van der Waals surface area contributed by atoms with Crippen LogP contribution in [0.3, 0.4) is 0 Å². The number of H-pyrrole nitrogens is 1. The fraction of sp³-hybridized carbons (Fsp3) is 0.167. The van der Waals surface area contributed by atoms with Gasteiger partial charge in [-0.05, 0) is 36.4 Å². The molecule has 0 aliphatic heterocycles. The topological polar surface area (TPSA) is 49.9 Å². The van der Waals surface area contributed by atoms with Gasteiger partial charge in [0, 0.05) is 0 Å². The first kappa shape index (κ1) is 9.65. The minimum atomic E-state index is -0.328. The molecule has 0 atom stereocenters. The Hall–Kier alpha value is -1.90. The predicted octanol–water partition coefficient (Wildman–Crippen LogP) is 1.96. The number of aromatic nitrogens is 1. The minimum Gasteiger partial charge on any atom is -0.321 e. The Morgan fingerprint density at radius 3 is 2.67 bits per heavy atom. The number of aryl methyl sites for hydroxylation is 2. The lowest BCUT2D eigenvalue weighted by Gasteiger charge is -2.05. The van der Waals surface area contributed by atoms with Crippen LogP contribution < -0.4 is 5.56 Å². The number of pyridine rings is 1. The van der Waals surface area contributed by atoms with Crippen molar-refractivity contribution < 1.29 is 4.79 Å². The Balaban J connectivity index is 2.93. The quantitative estimate of drug-likeness (QED) is 0.717. The Morgan fingerprint density at radius 2 is 2.00 bits per heavy atom. The van der Waals surface area contributed by atoms with Crippen LogP contribution in [0.2, 0.25) is 0 Å². The standard InChI is InChI=1S/C12H11NO2/c1-7-3-4-9-5-10(6-14)12(15)13-11(9)8(7)2/h3-6H,1-2H3,(H,13,15). The van der Waals surface area contributed by atoms with Crippen LogP contribution in [-0.2, 0) is 0 Å². The number of hydrogen-bond donors (Lipinski definition) is 1. The summed E-state index contributed by atoms with van der Waals surface area (Å²) in [6, 6.07) is 5.50. The molecule has 3 nitrogen and oxygen atoms in total. The van der Waals surface area contributed by atoms with Crippen molar-refractivity contribution >= 4 is 17.2 Å². The predicted molar refractivity (Wildman–Crippen MR) is 59.4 cm³/mol. The summed E-state index contributed by atoms with van der Waals surface area (Å²) in [5.41, 5.74) is 2.82. The smallest absolute Gasteiger partial charge is 0.259 e. The van der Waals surface area contributed by atoms with Gasteiger partial charge in [0.2, 0.25) is 0 Å². The van der Waals surface area contributed by atoms with Crippen LogP contribution in [0, 0.1) is 13.8 Å². The molecule has 0 saturated carbocycles. The molecule has 0 fully saturated rings. The summed E-state index contributed by atoms with van der Waals surface area (Å²) >= 11 is 0. The molecule has 0 aliphatic rings. The fourth-order valence-electron chi connectivity index (χ4n) is 1.63. The van der Waals surface area contributed by atoms with Gasteiger partial charge in [-0.15, -0.1) is 0 Å². The maximum Gasteiger partial charge on any atom is 0.259 e. The van der Waals surface area contributed by atoms with E-state index in [9.17, 15) is 9.59 Å². The molecular weight excluding hydrogens is 190 g/mol. The first-order valence-electron chi connectivity index (χ1n) is 4.72. The lowest BCUT2D eigenvalue weighted by molar-refractivity contribution is 0.112. The van der Waals surface area contributed by atoms with E-state index < -0.39 is 0 Å². The van der Waals surface area contributed by atoms with Gasteiger partial charge in [-0.1, -0.05) is 12.1 Å². The summed E-state index contributed by atoms with van der Waals surface area (Å²) in [7, 11) is 0. The molecule has 3 heteroatoms. The van der Waals surface area contributed by atoms with Crippen molar-refractivity contribution in [2.24, 2.45) is 0 Å². The van der Waals surface area contributed by atoms with Crippen LogP contribution in [-0.4, -0.2) is 11.3 Å². The molecule has 2 rings (SSSR count). The summed E-state index contributed by atoms with van der Waals surface area (Å²) < 4.78 is 0. The molecule has 0 unspecified atom stereocenters. The molecular formula is C12H11NO2. The van der Waals surface area contributed by atoms with E-state index in [1.165, 1.54) is 0 Å². The van der Waals surface area contributed by atoms with Gasteiger partial charge in [-0.3, -0.25) is 9.59 Å². The molecule has 1 aromatic carbocycles. The van der Waals surface area contributed by atoms with Crippen LogP contribution in [0.4, 0.5) is 0 Å².